The van der Waals surface area contributed by atoms with Crippen molar-refractivity contribution in [3.8, 4) is 0 Å². The summed E-state index contributed by atoms with van der Waals surface area (Å²) in [5.41, 5.74) is 2.89. The summed E-state index contributed by atoms with van der Waals surface area (Å²) >= 11 is 0. The van der Waals surface area contributed by atoms with Crippen LogP contribution in [0.1, 0.15) is 44.7 Å². The lowest BCUT2D eigenvalue weighted by atomic mass is 10.0. The van der Waals surface area contributed by atoms with E-state index in [0.717, 1.165) is 12.5 Å². The van der Waals surface area contributed by atoms with Gasteiger partial charge in [0.2, 0.25) is 0 Å². The second kappa shape index (κ2) is 7.24. The Morgan fingerprint density at radius 1 is 0.850 bits per heavy atom. The van der Waals surface area contributed by atoms with Crippen LogP contribution in [0.3, 0.4) is 0 Å². The van der Waals surface area contributed by atoms with Crippen molar-refractivity contribution < 1.29 is 0 Å². The molecular formula is C18H30N2. The number of nitrogens with zero attached hydrogens (tertiary/aromatic N) is 2. The number of benzene rings is 1. The van der Waals surface area contributed by atoms with Crippen molar-refractivity contribution in [2.24, 2.45) is 5.92 Å². The third kappa shape index (κ3) is 4.60. The number of rotatable bonds is 5. The van der Waals surface area contributed by atoms with E-state index in [9.17, 15) is 0 Å². The lowest BCUT2D eigenvalue weighted by molar-refractivity contribution is 0.117. The van der Waals surface area contributed by atoms with Crippen molar-refractivity contribution in [2.45, 2.75) is 40.2 Å². The standard InChI is InChI=1S/C18H30N2/c1-15(2)13-19-9-11-20(12-10-19)14-17-5-7-18(8-6-17)16(3)4/h5-8,15-16H,9-14H2,1-4H3. The summed E-state index contributed by atoms with van der Waals surface area (Å²) in [6.45, 7) is 16.3. The normalized spacial score (nSPS) is 18.1. The Morgan fingerprint density at radius 2 is 1.40 bits per heavy atom. The highest BCUT2D eigenvalue weighted by molar-refractivity contribution is 5.24. The fraction of sp³-hybridized carbons (Fsp3) is 0.667. The van der Waals surface area contributed by atoms with E-state index in [1.165, 1.54) is 43.9 Å². The van der Waals surface area contributed by atoms with Crippen molar-refractivity contribution in [1.82, 2.24) is 9.80 Å². The van der Waals surface area contributed by atoms with Crippen LogP contribution in [0.5, 0.6) is 0 Å². The fourth-order valence-corrected chi connectivity index (χ4v) is 2.91. The van der Waals surface area contributed by atoms with E-state index in [0.29, 0.717) is 5.92 Å². The summed E-state index contributed by atoms with van der Waals surface area (Å²) < 4.78 is 0. The molecule has 1 aromatic rings. The first kappa shape index (κ1) is 15.5. The molecular weight excluding hydrogens is 244 g/mol. The highest BCUT2D eigenvalue weighted by atomic mass is 15.3. The van der Waals surface area contributed by atoms with Crippen LogP contribution in [0.15, 0.2) is 24.3 Å². The Balaban J connectivity index is 1.80. The predicted octanol–water partition coefficient (Wildman–Crippen LogP) is 3.58. The van der Waals surface area contributed by atoms with Gasteiger partial charge in [0.1, 0.15) is 0 Å². The molecule has 2 heteroatoms. The SMILES string of the molecule is CC(C)CN1CCN(Cc2ccc(C(C)C)cc2)CC1. The quantitative estimate of drug-likeness (QED) is 0.809. The molecule has 1 saturated heterocycles. The van der Waals surface area contributed by atoms with Gasteiger partial charge >= 0.3 is 0 Å². The Kier molecular flexibility index (Phi) is 5.62. The van der Waals surface area contributed by atoms with E-state index in [1.807, 2.05) is 0 Å². The van der Waals surface area contributed by atoms with E-state index in [1.54, 1.807) is 0 Å². The smallest absolute Gasteiger partial charge is 0.0234 e. The topological polar surface area (TPSA) is 6.48 Å². The monoisotopic (exact) mass is 274 g/mol. The zero-order valence-corrected chi connectivity index (χ0v) is 13.6. The zero-order valence-electron chi connectivity index (χ0n) is 13.6. The van der Waals surface area contributed by atoms with Crippen LogP contribution >= 0.6 is 0 Å². The first-order chi connectivity index (χ1) is 9.54. The van der Waals surface area contributed by atoms with E-state index < -0.39 is 0 Å². The molecule has 0 bridgehead atoms. The molecule has 1 aliphatic rings. The molecule has 1 aliphatic heterocycles. The van der Waals surface area contributed by atoms with Gasteiger partial charge < -0.3 is 4.90 Å². The first-order valence-electron chi connectivity index (χ1n) is 8.08. The highest BCUT2D eigenvalue weighted by Gasteiger charge is 2.17. The first-order valence-corrected chi connectivity index (χ1v) is 8.08. The maximum atomic E-state index is 2.60. The number of piperazine rings is 1. The second-order valence-electron chi connectivity index (χ2n) is 6.87. The molecule has 2 rings (SSSR count). The molecule has 2 nitrogen and oxygen atoms in total. The van der Waals surface area contributed by atoms with Gasteiger partial charge in [0, 0.05) is 39.3 Å². The van der Waals surface area contributed by atoms with Gasteiger partial charge in [0.15, 0.2) is 0 Å². The van der Waals surface area contributed by atoms with Gasteiger partial charge in [-0.3, -0.25) is 4.90 Å². The van der Waals surface area contributed by atoms with E-state index in [-0.39, 0.29) is 0 Å². The Morgan fingerprint density at radius 3 is 1.90 bits per heavy atom. The Bertz CT molecular complexity index is 386. The lowest BCUT2D eigenvalue weighted by Crippen LogP contribution is -2.46. The molecule has 20 heavy (non-hydrogen) atoms. The molecule has 112 valence electrons. The van der Waals surface area contributed by atoms with Crippen LogP contribution in [0.4, 0.5) is 0 Å². The molecule has 0 unspecified atom stereocenters. The third-order valence-electron chi connectivity index (χ3n) is 4.14. The van der Waals surface area contributed by atoms with Gasteiger partial charge in [-0.05, 0) is 23.0 Å². The van der Waals surface area contributed by atoms with Crippen LogP contribution in [0, 0.1) is 5.92 Å². The van der Waals surface area contributed by atoms with Gasteiger partial charge in [-0.15, -0.1) is 0 Å². The van der Waals surface area contributed by atoms with E-state index in [2.05, 4.69) is 61.8 Å². The molecule has 1 heterocycles. The Hall–Kier alpha value is -0.860. The summed E-state index contributed by atoms with van der Waals surface area (Å²) in [4.78, 5) is 5.18. The minimum atomic E-state index is 0.628. The minimum absolute atomic E-state index is 0.628. The Labute approximate surface area is 124 Å². The van der Waals surface area contributed by atoms with Crippen molar-refractivity contribution in [1.29, 1.82) is 0 Å². The largest absolute Gasteiger partial charge is 0.301 e. The fourth-order valence-electron chi connectivity index (χ4n) is 2.91. The molecule has 0 atom stereocenters. The van der Waals surface area contributed by atoms with Crippen molar-refractivity contribution >= 4 is 0 Å². The second-order valence-corrected chi connectivity index (χ2v) is 6.87. The molecule has 0 radical (unpaired) electrons. The lowest BCUT2D eigenvalue weighted by Gasteiger charge is -2.35. The third-order valence-corrected chi connectivity index (χ3v) is 4.14. The number of hydrogen-bond acceptors (Lipinski definition) is 2. The molecule has 0 saturated carbocycles. The summed E-state index contributed by atoms with van der Waals surface area (Å²) in [6.07, 6.45) is 0. The maximum absolute atomic E-state index is 2.60. The molecule has 1 fully saturated rings. The average molecular weight is 274 g/mol. The average Bonchev–Trinajstić information content (AvgIpc) is 2.41. The highest BCUT2D eigenvalue weighted by Crippen LogP contribution is 2.16. The summed E-state index contributed by atoms with van der Waals surface area (Å²) in [7, 11) is 0. The molecule has 0 aliphatic carbocycles. The molecule has 1 aromatic carbocycles. The van der Waals surface area contributed by atoms with Crippen LogP contribution < -0.4 is 0 Å². The van der Waals surface area contributed by atoms with E-state index >= 15 is 0 Å². The molecule has 0 N–H and O–H groups in total. The van der Waals surface area contributed by atoms with Gasteiger partial charge in [-0.25, -0.2) is 0 Å². The van der Waals surface area contributed by atoms with Gasteiger partial charge in [0.25, 0.3) is 0 Å². The van der Waals surface area contributed by atoms with Crippen LogP contribution in [0.2, 0.25) is 0 Å². The van der Waals surface area contributed by atoms with Crippen molar-refractivity contribution in [3.05, 3.63) is 35.4 Å². The number of hydrogen-bond donors (Lipinski definition) is 0. The van der Waals surface area contributed by atoms with Gasteiger partial charge in [-0.1, -0.05) is 52.0 Å². The van der Waals surface area contributed by atoms with Crippen LogP contribution in [-0.4, -0.2) is 42.5 Å². The van der Waals surface area contributed by atoms with Gasteiger partial charge in [-0.2, -0.15) is 0 Å². The molecule has 0 spiro atoms. The summed E-state index contributed by atoms with van der Waals surface area (Å²) in [5, 5.41) is 0. The van der Waals surface area contributed by atoms with Crippen LogP contribution in [0.25, 0.3) is 0 Å². The van der Waals surface area contributed by atoms with E-state index in [4.69, 9.17) is 0 Å². The van der Waals surface area contributed by atoms with Crippen LogP contribution in [-0.2, 0) is 6.54 Å². The molecule has 0 aromatic heterocycles. The van der Waals surface area contributed by atoms with Crippen molar-refractivity contribution in [3.63, 3.8) is 0 Å². The summed E-state index contributed by atoms with van der Waals surface area (Å²) in [5.74, 6) is 1.41. The minimum Gasteiger partial charge on any atom is -0.301 e. The maximum Gasteiger partial charge on any atom is 0.0234 e. The van der Waals surface area contributed by atoms with Crippen molar-refractivity contribution in [2.75, 3.05) is 32.7 Å². The summed E-state index contributed by atoms with van der Waals surface area (Å²) in [6, 6.07) is 9.18. The predicted molar refractivity (Wildman–Crippen MR) is 87.1 cm³/mol. The zero-order chi connectivity index (χ0) is 14.5. The molecule has 0 amide bonds. The van der Waals surface area contributed by atoms with Gasteiger partial charge in [0.05, 0.1) is 0 Å².